The van der Waals surface area contributed by atoms with Crippen molar-refractivity contribution in [3.05, 3.63) is 24.3 Å². The molecule has 194 valence electrons. The molecule has 0 unspecified atom stereocenters. The quantitative estimate of drug-likeness (QED) is 0.345. The van der Waals surface area contributed by atoms with Gasteiger partial charge in [0, 0.05) is 13.2 Å². The number of carbonyl (C=O) groups excluding carboxylic acids is 3. The zero-order chi connectivity index (χ0) is 25.3. The second-order valence-electron chi connectivity index (χ2n) is 9.75. The number of fused-ring (bicyclic) bond motifs is 2. The normalized spacial score (nSPS) is 28.6. The molecule has 3 saturated heterocycles. The number of nitrogens with one attached hydrogen (secondary N) is 1. The molecule has 2 amide bonds. The number of esters is 1. The fraction of sp³-hybridized carbons (Fsp3) is 0.640. The topological polar surface area (TPSA) is 136 Å². The standard InChI is InChI=1S/C25H33N5O6/c1-2-35-24(34)19-18-11-12-25(36-18)20(19)23(33)29(13-7-3-4-8-14-31)21(25)22(32)26-15-30-17-10-6-5-9-16(17)27-28-30/h5-6,9-10,18-21,31H,2-4,7-8,11-15H2,1H3,(H,26,32)/t18-,19+,20+,21-,25+/m1/s1. The minimum Gasteiger partial charge on any atom is -0.466 e. The monoisotopic (exact) mass is 499 g/mol. The molecule has 1 aromatic carbocycles. The largest absolute Gasteiger partial charge is 0.466 e. The first-order valence-electron chi connectivity index (χ1n) is 12.8. The summed E-state index contributed by atoms with van der Waals surface area (Å²) >= 11 is 0. The maximum absolute atomic E-state index is 13.7. The number of aromatic nitrogens is 3. The number of hydrogen-bond acceptors (Lipinski definition) is 8. The molecule has 2 aromatic rings. The van der Waals surface area contributed by atoms with Gasteiger partial charge in [0.15, 0.2) is 0 Å². The lowest BCUT2D eigenvalue weighted by Gasteiger charge is -2.33. The molecule has 4 heterocycles. The van der Waals surface area contributed by atoms with Gasteiger partial charge in [-0.1, -0.05) is 30.2 Å². The number of aliphatic hydroxyl groups excluding tert-OH is 1. The van der Waals surface area contributed by atoms with Crippen molar-refractivity contribution in [2.24, 2.45) is 11.8 Å². The van der Waals surface area contributed by atoms with Gasteiger partial charge in [0.1, 0.15) is 23.8 Å². The molecule has 0 aliphatic carbocycles. The number of nitrogens with zero attached hydrogens (tertiary/aromatic N) is 4. The van der Waals surface area contributed by atoms with Crippen molar-refractivity contribution in [3.8, 4) is 0 Å². The lowest BCUT2D eigenvalue weighted by molar-refractivity contribution is -0.154. The highest BCUT2D eigenvalue weighted by atomic mass is 16.6. The second kappa shape index (κ2) is 10.1. The van der Waals surface area contributed by atoms with Crippen LogP contribution in [0.1, 0.15) is 45.4 Å². The van der Waals surface area contributed by atoms with E-state index >= 15 is 0 Å². The van der Waals surface area contributed by atoms with Gasteiger partial charge in [-0.3, -0.25) is 14.4 Å². The van der Waals surface area contributed by atoms with Crippen molar-refractivity contribution < 1.29 is 29.0 Å². The minimum absolute atomic E-state index is 0.0971. The Bertz CT molecular complexity index is 1140. The van der Waals surface area contributed by atoms with E-state index in [9.17, 15) is 14.4 Å². The first kappa shape index (κ1) is 24.6. The fourth-order valence-corrected chi connectivity index (χ4v) is 6.23. The Morgan fingerprint density at radius 3 is 2.86 bits per heavy atom. The summed E-state index contributed by atoms with van der Waals surface area (Å²) in [6.45, 7) is 2.57. The molecular weight excluding hydrogens is 466 g/mol. The van der Waals surface area contributed by atoms with Gasteiger partial charge in [-0.2, -0.15) is 0 Å². The lowest BCUT2D eigenvalue weighted by Crippen LogP contribution is -2.55. The van der Waals surface area contributed by atoms with E-state index in [1.165, 1.54) is 0 Å². The van der Waals surface area contributed by atoms with Crippen molar-refractivity contribution in [1.29, 1.82) is 0 Å². The first-order valence-corrected chi connectivity index (χ1v) is 12.8. The number of likely N-dealkylation sites (tertiary alicyclic amines) is 1. The van der Waals surface area contributed by atoms with Gasteiger partial charge in [-0.05, 0) is 44.7 Å². The average Bonchev–Trinajstić information content (AvgIpc) is 3.62. The third-order valence-electron chi connectivity index (χ3n) is 7.74. The maximum atomic E-state index is 13.7. The molecule has 1 aromatic heterocycles. The number of unbranched alkanes of at least 4 members (excludes halogenated alkanes) is 3. The number of carbonyl (C=O) groups is 3. The Hall–Kier alpha value is -3.05. The lowest BCUT2D eigenvalue weighted by atomic mass is 9.71. The molecule has 36 heavy (non-hydrogen) atoms. The van der Waals surface area contributed by atoms with Gasteiger partial charge >= 0.3 is 5.97 Å². The average molecular weight is 500 g/mol. The van der Waals surface area contributed by atoms with Crippen molar-refractivity contribution >= 4 is 28.8 Å². The molecule has 5 atom stereocenters. The predicted molar refractivity (Wildman–Crippen MR) is 127 cm³/mol. The number of rotatable bonds is 11. The van der Waals surface area contributed by atoms with Crippen LogP contribution in [-0.2, 0) is 30.5 Å². The van der Waals surface area contributed by atoms with Gasteiger partial charge in [0.25, 0.3) is 0 Å². The third-order valence-corrected chi connectivity index (χ3v) is 7.74. The Kier molecular flexibility index (Phi) is 6.94. The van der Waals surface area contributed by atoms with Gasteiger partial charge in [0.2, 0.25) is 11.8 Å². The Balaban J connectivity index is 1.38. The van der Waals surface area contributed by atoms with Crippen LogP contribution in [0.25, 0.3) is 11.0 Å². The molecule has 2 N–H and O–H groups in total. The van der Waals surface area contributed by atoms with E-state index in [0.29, 0.717) is 32.2 Å². The van der Waals surface area contributed by atoms with Crippen LogP contribution in [0.3, 0.4) is 0 Å². The summed E-state index contributed by atoms with van der Waals surface area (Å²) in [5, 5.41) is 20.2. The molecule has 0 saturated carbocycles. The van der Waals surface area contributed by atoms with Crippen LogP contribution in [0.4, 0.5) is 0 Å². The maximum Gasteiger partial charge on any atom is 0.312 e. The molecule has 3 aliphatic heterocycles. The summed E-state index contributed by atoms with van der Waals surface area (Å²) in [4.78, 5) is 41.9. The molecule has 3 fully saturated rings. The van der Waals surface area contributed by atoms with E-state index in [2.05, 4.69) is 15.6 Å². The zero-order valence-corrected chi connectivity index (χ0v) is 20.5. The van der Waals surface area contributed by atoms with Crippen LogP contribution < -0.4 is 5.32 Å². The summed E-state index contributed by atoms with van der Waals surface area (Å²) in [6.07, 6.45) is 3.79. The molecule has 5 rings (SSSR count). The van der Waals surface area contributed by atoms with Crippen LogP contribution in [0, 0.1) is 11.8 Å². The minimum atomic E-state index is -1.04. The number of hydrogen-bond donors (Lipinski definition) is 2. The van der Waals surface area contributed by atoms with Gasteiger partial charge in [-0.25, -0.2) is 4.68 Å². The Morgan fingerprint density at radius 1 is 1.25 bits per heavy atom. The van der Waals surface area contributed by atoms with Gasteiger partial charge < -0.3 is 24.8 Å². The second-order valence-corrected chi connectivity index (χ2v) is 9.75. The highest BCUT2D eigenvalue weighted by Gasteiger charge is 2.74. The molecular formula is C25H33N5O6. The SMILES string of the molecule is CCOC(=O)[C@@H]1[C@H]2C(=O)N(CCCCCCO)[C@H](C(=O)NCn3nnc4ccccc43)[C@]23CC[C@H]1O3. The van der Waals surface area contributed by atoms with Crippen LogP contribution in [-0.4, -0.2) is 80.3 Å². The van der Waals surface area contributed by atoms with Crippen molar-refractivity contribution in [1.82, 2.24) is 25.2 Å². The first-order chi connectivity index (χ1) is 17.5. The Morgan fingerprint density at radius 2 is 2.06 bits per heavy atom. The van der Waals surface area contributed by atoms with Gasteiger partial charge in [0.05, 0.1) is 30.1 Å². The highest BCUT2D eigenvalue weighted by molar-refractivity contribution is 5.98. The van der Waals surface area contributed by atoms with Crippen LogP contribution >= 0.6 is 0 Å². The summed E-state index contributed by atoms with van der Waals surface area (Å²) < 4.78 is 13.3. The van der Waals surface area contributed by atoms with E-state index in [1.807, 2.05) is 24.3 Å². The van der Waals surface area contributed by atoms with E-state index in [4.69, 9.17) is 14.6 Å². The third kappa shape index (κ3) is 4.03. The molecule has 1 spiro atoms. The summed E-state index contributed by atoms with van der Waals surface area (Å²) in [7, 11) is 0. The molecule has 11 nitrogen and oxygen atoms in total. The van der Waals surface area contributed by atoms with E-state index in [0.717, 1.165) is 23.9 Å². The number of benzene rings is 1. The molecule has 2 bridgehead atoms. The summed E-state index contributed by atoms with van der Waals surface area (Å²) in [5.74, 6) is -2.40. The van der Waals surface area contributed by atoms with E-state index < -0.39 is 35.6 Å². The number of para-hydroxylation sites is 1. The molecule has 0 radical (unpaired) electrons. The number of amides is 2. The predicted octanol–water partition coefficient (Wildman–Crippen LogP) is 0.995. The van der Waals surface area contributed by atoms with E-state index in [1.54, 1.807) is 16.5 Å². The highest BCUT2D eigenvalue weighted by Crippen LogP contribution is 2.58. The van der Waals surface area contributed by atoms with Crippen molar-refractivity contribution in [3.63, 3.8) is 0 Å². The van der Waals surface area contributed by atoms with Crippen LogP contribution in [0.2, 0.25) is 0 Å². The zero-order valence-electron chi connectivity index (χ0n) is 20.5. The number of ether oxygens (including phenoxy) is 2. The van der Waals surface area contributed by atoms with Crippen molar-refractivity contribution in [2.45, 2.75) is 69.9 Å². The fourth-order valence-electron chi connectivity index (χ4n) is 6.23. The van der Waals surface area contributed by atoms with Crippen LogP contribution in [0.5, 0.6) is 0 Å². The number of aliphatic hydroxyl groups is 1. The van der Waals surface area contributed by atoms with Crippen molar-refractivity contribution in [2.75, 3.05) is 19.8 Å². The molecule has 11 heteroatoms. The van der Waals surface area contributed by atoms with Crippen LogP contribution in [0.15, 0.2) is 24.3 Å². The molecule has 3 aliphatic rings. The van der Waals surface area contributed by atoms with E-state index in [-0.39, 0.29) is 31.7 Å². The Labute approximate surface area is 209 Å². The summed E-state index contributed by atoms with van der Waals surface area (Å²) in [5.41, 5.74) is 0.470. The van der Waals surface area contributed by atoms with Gasteiger partial charge in [-0.15, -0.1) is 5.10 Å². The summed E-state index contributed by atoms with van der Waals surface area (Å²) in [6, 6.07) is 6.63. The smallest absolute Gasteiger partial charge is 0.312 e.